The van der Waals surface area contributed by atoms with Gasteiger partial charge in [-0.1, -0.05) is 30.3 Å². The summed E-state index contributed by atoms with van der Waals surface area (Å²) in [6.07, 6.45) is 1.60. The zero-order chi connectivity index (χ0) is 13.7. The van der Waals surface area contributed by atoms with Gasteiger partial charge in [-0.15, -0.1) is 0 Å². The number of amides is 1. The van der Waals surface area contributed by atoms with Crippen molar-refractivity contribution < 1.29 is 9.21 Å². The number of carbonyl (C=O) groups is 1. The highest BCUT2D eigenvalue weighted by Gasteiger charge is 2.21. The number of hydrogen-bond donors (Lipinski definition) is 1. The monoisotopic (exact) mass is 258 g/mol. The van der Waals surface area contributed by atoms with Crippen molar-refractivity contribution in [2.45, 2.75) is 19.5 Å². The van der Waals surface area contributed by atoms with Gasteiger partial charge < -0.3 is 15.1 Å². The highest BCUT2D eigenvalue weighted by Crippen LogP contribution is 2.15. The second-order valence-corrected chi connectivity index (χ2v) is 4.32. The number of likely N-dealkylation sites (N-methyl/N-ethyl adjacent to an activating group) is 1. The minimum Gasteiger partial charge on any atom is -0.467 e. The molecular formula is C15H18N2O2. The van der Waals surface area contributed by atoms with Gasteiger partial charge in [0.1, 0.15) is 11.8 Å². The molecule has 19 heavy (non-hydrogen) atoms. The molecule has 2 N–H and O–H groups in total. The Labute approximate surface area is 112 Å². The third-order valence-corrected chi connectivity index (χ3v) is 3.04. The highest BCUT2D eigenvalue weighted by molar-refractivity contribution is 5.83. The van der Waals surface area contributed by atoms with Gasteiger partial charge in [0.25, 0.3) is 0 Å². The fourth-order valence-corrected chi connectivity index (χ4v) is 1.94. The van der Waals surface area contributed by atoms with E-state index in [4.69, 9.17) is 10.2 Å². The molecule has 2 rings (SSSR count). The van der Waals surface area contributed by atoms with Gasteiger partial charge in [-0.25, -0.2) is 0 Å². The average molecular weight is 258 g/mol. The summed E-state index contributed by atoms with van der Waals surface area (Å²) in [5.74, 6) is 0.667. The van der Waals surface area contributed by atoms with Crippen molar-refractivity contribution in [1.29, 1.82) is 0 Å². The third kappa shape index (κ3) is 3.23. The molecule has 0 bridgehead atoms. The predicted molar refractivity (Wildman–Crippen MR) is 73.2 cm³/mol. The first-order valence-corrected chi connectivity index (χ1v) is 6.34. The lowest BCUT2D eigenvalue weighted by molar-refractivity contribution is -0.133. The van der Waals surface area contributed by atoms with E-state index in [9.17, 15) is 4.79 Å². The van der Waals surface area contributed by atoms with Crippen LogP contribution in [0.3, 0.4) is 0 Å². The summed E-state index contributed by atoms with van der Waals surface area (Å²) >= 11 is 0. The van der Waals surface area contributed by atoms with E-state index in [2.05, 4.69) is 0 Å². The zero-order valence-corrected chi connectivity index (χ0v) is 11.0. The Morgan fingerprint density at radius 2 is 2.00 bits per heavy atom. The maximum atomic E-state index is 12.4. The molecule has 0 fully saturated rings. The van der Waals surface area contributed by atoms with Gasteiger partial charge >= 0.3 is 0 Å². The number of hydrogen-bond acceptors (Lipinski definition) is 3. The van der Waals surface area contributed by atoms with Crippen LogP contribution < -0.4 is 5.73 Å². The molecule has 100 valence electrons. The van der Waals surface area contributed by atoms with Crippen LogP contribution in [0.15, 0.2) is 53.1 Å². The van der Waals surface area contributed by atoms with Crippen LogP contribution in [0.4, 0.5) is 0 Å². The Morgan fingerprint density at radius 1 is 1.26 bits per heavy atom. The summed E-state index contributed by atoms with van der Waals surface area (Å²) in [5.41, 5.74) is 6.85. The SMILES string of the molecule is CCN(Cc1ccco1)C(=O)[C@H](N)c1ccccc1. The van der Waals surface area contributed by atoms with E-state index in [0.29, 0.717) is 13.1 Å². The molecule has 0 spiro atoms. The Kier molecular flexibility index (Phi) is 4.36. The molecule has 0 aliphatic carbocycles. The van der Waals surface area contributed by atoms with Crippen LogP contribution in [-0.4, -0.2) is 17.4 Å². The van der Waals surface area contributed by atoms with Crippen LogP contribution in [0, 0.1) is 0 Å². The number of carbonyl (C=O) groups excluding carboxylic acids is 1. The first-order valence-electron chi connectivity index (χ1n) is 6.34. The van der Waals surface area contributed by atoms with Gasteiger partial charge in [0.2, 0.25) is 5.91 Å². The number of furan rings is 1. The van der Waals surface area contributed by atoms with Gasteiger partial charge in [0.15, 0.2) is 0 Å². The first kappa shape index (κ1) is 13.4. The van der Waals surface area contributed by atoms with Crippen LogP contribution in [0.25, 0.3) is 0 Å². The second-order valence-electron chi connectivity index (χ2n) is 4.32. The quantitative estimate of drug-likeness (QED) is 0.895. The Hall–Kier alpha value is -2.07. The Morgan fingerprint density at radius 3 is 2.58 bits per heavy atom. The summed E-state index contributed by atoms with van der Waals surface area (Å²) in [6.45, 7) is 2.97. The van der Waals surface area contributed by atoms with E-state index in [1.807, 2.05) is 49.4 Å². The molecule has 1 aromatic heterocycles. The number of rotatable bonds is 5. The van der Waals surface area contributed by atoms with Gasteiger partial charge in [0.05, 0.1) is 12.8 Å². The van der Waals surface area contributed by atoms with Crippen LogP contribution >= 0.6 is 0 Å². The van der Waals surface area contributed by atoms with E-state index in [1.165, 1.54) is 0 Å². The highest BCUT2D eigenvalue weighted by atomic mass is 16.3. The Bertz CT molecular complexity index is 508. The van der Waals surface area contributed by atoms with Gasteiger partial charge in [-0.3, -0.25) is 4.79 Å². The average Bonchev–Trinajstić information content (AvgIpc) is 2.97. The molecule has 0 radical (unpaired) electrons. The van der Waals surface area contributed by atoms with E-state index in [1.54, 1.807) is 11.2 Å². The van der Waals surface area contributed by atoms with Crippen molar-refractivity contribution in [3.63, 3.8) is 0 Å². The molecular weight excluding hydrogens is 240 g/mol. The smallest absolute Gasteiger partial charge is 0.244 e. The number of benzene rings is 1. The van der Waals surface area contributed by atoms with Gasteiger partial charge in [-0.05, 0) is 24.6 Å². The summed E-state index contributed by atoms with van der Waals surface area (Å²) in [6, 6.07) is 12.4. The molecule has 0 aliphatic rings. The van der Waals surface area contributed by atoms with Crippen molar-refractivity contribution in [3.8, 4) is 0 Å². The minimum absolute atomic E-state index is 0.0925. The van der Waals surface area contributed by atoms with Crippen molar-refractivity contribution in [3.05, 3.63) is 60.1 Å². The molecule has 1 amide bonds. The molecule has 4 nitrogen and oxygen atoms in total. The summed E-state index contributed by atoms with van der Waals surface area (Å²) in [4.78, 5) is 14.1. The lowest BCUT2D eigenvalue weighted by Gasteiger charge is -2.23. The van der Waals surface area contributed by atoms with Crippen LogP contribution in [0.5, 0.6) is 0 Å². The van der Waals surface area contributed by atoms with Crippen molar-refractivity contribution in [1.82, 2.24) is 4.90 Å². The van der Waals surface area contributed by atoms with Crippen LogP contribution in [0.1, 0.15) is 24.3 Å². The Balaban J connectivity index is 2.08. The van der Waals surface area contributed by atoms with Crippen LogP contribution in [0.2, 0.25) is 0 Å². The summed E-state index contributed by atoms with van der Waals surface area (Å²) in [5, 5.41) is 0. The molecule has 2 aromatic rings. The van der Waals surface area contributed by atoms with E-state index >= 15 is 0 Å². The fourth-order valence-electron chi connectivity index (χ4n) is 1.94. The molecule has 0 aliphatic heterocycles. The standard InChI is InChI=1S/C15H18N2O2/c1-2-17(11-13-9-6-10-19-13)15(18)14(16)12-7-4-3-5-8-12/h3-10,14H,2,11,16H2,1H3/t14-/m1/s1. The fraction of sp³-hybridized carbons (Fsp3) is 0.267. The normalized spacial score (nSPS) is 12.1. The molecule has 4 heteroatoms. The number of nitrogens with two attached hydrogens (primary N) is 1. The topological polar surface area (TPSA) is 59.5 Å². The lowest BCUT2D eigenvalue weighted by Crippen LogP contribution is -2.37. The maximum absolute atomic E-state index is 12.4. The van der Waals surface area contributed by atoms with E-state index in [0.717, 1.165) is 11.3 Å². The van der Waals surface area contributed by atoms with Crippen molar-refractivity contribution >= 4 is 5.91 Å². The zero-order valence-electron chi connectivity index (χ0n) is 11.0. The summed E-state index contributed by atoms with van der Waals surface area (Å²) in [7, 11) is 0. The first-order chi connectivity index (χ1) is 9.22. The van der Waals surface area contributed by atoms with Crippen molar-refractivity contribution in [2.24, 2.45) is 5.73 Å². The minimum atomic E-state index is -0.629. The molecule has 0 unspecified atom stereocenters. The van der Waals surface area contributed by atoms with E-state index in [-0.39, 0.29) is 5.91 Å². The van der Waals surface area contributed by atoms with Gasteiger partial charge in [-0.2, -0.15) is 0 Å². The molecule has 0 saturated heterocycles. The van der Waals surface area contributed by atoms with Crippen molar-refractivity contribution in [2.75, 3.05) is 6.54 Å². The summed E-state index contributed by atoms with van der Waals surface area (Å²) < 4.78 is 5.27. The molecule has 1 heterocycles. The van der Waals surface area contributed by atoms with Crippen LogP contribution in [-0.2, 0) is 11.3 Å². The largest absolute Gasteiger partial charge is 0.467 e. The predicted octanol–water partition coefficient (Wildman–Crippen LogP) is 2.33. The van der Waals surface area contributed by atoms with Gasteiger partial charge in [0, 0.05) is 6.54 Å². The number of nitrogens with zero attached hydrogens (tertiary/aromatic N) is 1. The maximum Gasteiger partial charge on any atom is 0.244 e. The van der Waals surface area contributed by atoms with E-state index < -0.39 is 6.04 Å². The molecule has 1 aromatic carbocycles. The molecule has 1 atom stereocenters. The second kappa shape index (κ2) is 6.20. The molecule has 0 saturated carbocycles. The third-order valence-electron chi connectivity index (χ3n) is 3.04. The lowest BCUT2D eigenvalue weighted by atomic mass is 10.1.